The Morgan fingerprint density at radius 3 is 2.77 bits per heavy atom. The number of piperidine rings is 1. The molecule has 0 bridgehead atoms. The summed E-state index contributed by atoms with van der Waals surface area (Å²) in [6.07, 6.45) is 3.74. The molecule has 4 rings (SSSR count). The van der Waals surface area contributed by atoms with E-state index in [-0.39, 0.29) is 0 Å². The van der Waals surface area contributed by atoms with Crippen LogP contribution in [0.5, 0.6) is 0 Å². The van der Waals surface area contributed by atoms with Crippen molar-refractivity contribution in [3.05, 3.63) is 36.3 Å². The van der Waals surface area contributed by atoms with Crippen molar-refractivity contribution in [3.8, 4) is 6.07 Å². The van der Waals surface area contributed by atoms with E-state index in [4.69, 9.17) is 10.2 Å². The van der Waals surface area contributed by atoms with Crippen LogP contribution >= 0.6 is 0 Å². The third-order valence-corrected chi connectivity index (χ3v) is 5.29. The highest BCUT2D eigenvalue weighted by Gasteiger charge is 2.26. The lowest BCUT2D eigenvalue weighted by Gasteiger charge is -2.33. The largest absolute Gasteiger partial charge is 0.385 e. The van der Waals surface area contributed by atoms with Gasteiger partial charge in [-0.15, -0.1) is 0 Å². The van der Waals surface area contributed by atoms with Gasteiger partial charge in [0.1, 0.15) is 17.4 Å². The highest BCUT2D eigenvalue weighted by molar-refractivity contribution is 6.02. The molecule has 1 fully saturated rings. The second-order valence-electron chi connectivity index (χ2n) is 7.01. The highest BCUT2D eigenvalue weighted by Crippen LogP contribution is 2.34. The Morgan fingerprint density at radius 2 is 2.04 bits per heavy atom. The van der Waals surface area contributed by atoms with Crippen molar-refractivity contribution < 1.29 is 5.11 Å². The maximum absolute atomic E-state index is 10.3. The summed E-state index contributed by atoms with van der Waals surface area (Å²) < 4.78 is 2.24. The number of nitriles is 1. The van der Waals surface area contributed by atoms with Crippen molar-refractivity contribution in [3.63, 3.8) is 0 Å². The van der Waals surface area contributed by atoms with Crippen LogP contribution < -0.4 is 0 Å². The zero-order valence-corrected chi connectivity index (χ0v) is 15.0. The molecule has 1 saturated heterocycles. The van der Waals surface area contributed by atoms with E-state index >= 15 is 0 Å². The molecule has 0 aliphatic carbocycles. The first-order valence-corrected chi connectivity index (χ1v) is 9.22. The van der Waals surface area contributed by atoms with Gasteiger partial charge in [-0.3, -0.25) is 4.98 Å². The molecule has 0 amide bonds. The van der Waals surface area contributed by atoms with Crippen LogP contribution in [0.3, 0.4) is 0 Å². The van der Waals surface area contributed by atoms with E-state index in [2.05, 4.69) is 26.6 Å². The fraction of sp³-hybridized carbons (Fsp3) is 0.450. The Labute approximate surface area is 152 Å². The molecule has 1 N–H and O–H groups in total. The number of likely N-dealkylation sites (tertiary alicyclic amines) is 1. The quantitative estimate of drug-likeness (QED) is 0.783. The Hall–Kier alpha value is -2.49. The average Bonchev–Trinajstić information content (AvgIpc) is 3.07. The smallest absolute Gasteiger partial charge is 0.138 e. The molecule has 0 radical (unpaired) electrons. The number of imidazole rings is 1. The lowest BCUT2D eigenvalue weighted by Crippen LogP contribution is -2.35. The molecule has 1 aromatic carbocycles. The van der Waals surface area contributed by atoms with Gasteiger partial charge in [0.15, 0.2) is 0 Å². The van der Waals surface area contributed by atoms with Crippen LogP contribution in [-0.2, 0) is 0 Å². The number of pyridine rings is 1. The Kier molecular flexibility index (Phi) is 4.58. The Balaban J connectivity index is 1.77. The SMILES string of the molecule is CC(O)c1nc2cnc3ccccc3c2n1C1CCN(CCC#N)CC1. The lowest BCUT2D eigenvalue weighted by molar-refractivity contribution is 0.161. The van der Waals surface area contributed by atoms with E-state index < -0.39 is 6.10 Å². The van der Waals surface area contributed by atoms with Gasteiger partial charge >= 0.3 is 0 Å². The Bertz CT molecular complexity index is 963. The number of aromatic nitrogens is 3. The van der Waals surface area contributed by atoms with Crippen LogP contribution in [0.4, 0.5) is 0 Å². The molecule has 1 aliphatic rings. The molecule has 6 nitrogen and oxygen atoms in total. The molecule has 1 aliphatic heterocycles. The molecule has 26 heavy (non-hydrogen) atoms. The third kappa shape index (κ3) is 2.94. The number of para-hydroxylation sites is 1. The molecule has 134 valence electrons. The molecule has 3 aromatic rings. The average molecular weight is 349 g/mol. The lowest BCUT2D eigenvalue weighted by atomic mass is 10.0. The second kappa shape index (κ2) is 7.02. The fourth-order valence-electron chi connectivity index (χ4n) is 4.02. The summed E-state index contributed by atoms with van der Waals surface area (Å²) >= 11 is 0. The van der Waals surface area contributed by atoms with Gasteiger partial charge in [0.25, 0.3) is 0 Å². The summed E-state index contributed by atoms with van der Waals surface area (Å²) in [6, 6.07) is 10.6. The first-order chi connectivity index (χ1) is 12.7. The fourth-order valence-corrected chi connectivity index (χ4v) is 4.02. The van der Waals surface area contributed by atoms with Gasteiger partial charge in [-0.1, -0.05) is 18.2 Å². The number of aliphatic hydroxyl groups excluding tert-OH is 1. The van der Waals surface area contributed by atoms with Crippen LogP contribution in [0.25, 0.3) is 21.9 Å². The standard InChI is InChI=1S/C20H23N5O/c1-14(26)20-23-18-13-22-17-6-3-2-5-16(17)19(18)25(20)15-7-11-24(12-8-15)10-4-9-21/h2-3,5-6,13-15,26H,4,7-8,10-12H2,1H3. The Morgan fingerprint density at radius 1 is 1.27 bits per heavy atom. The zero-order chi connectivity index (χ0) is 18.1. The molecule has 1 atom stereocenters. The van der Waals surface area contributed by atoms with E-state index in [9.17, 15) is 5.11 Å². The first-order valence-electron chi connectivity index (χ1n) is 9.22. The van der Waals surface area contributed by atoms with Crippen LogP contribution in [0.15, 0.2) is 30.5 Å². The van der Waals surface area contributed by atoms with E-state index in [1.165, 1.54) is 0 Å². The predicted molar refractivity (Wildman–Crippen MR) is 101 cm³/mol. The third-order valence-electron chi connectivity index (χ3n) is 5.29. The van der Waals surface area contributed by atoms with E-state index in [0.29, 0.717) is 18.3 Å². The minimum atomic E-state index is -0.627. The van der Waals surface area contributed by atoms with Gasteiger partial charge in [0, 0.05) is 37.5 Å². The van der Waals surface area contributed by atoms with Gasteiger partial charge in [-0.25, -0.2) is 4.98 Å². The van der Waals surface area contributed by atoms with Crippen molar-refractivity contribution in [2.24, 2.45) is 0 Å². The van der Waals surface area contributed by atoms with Gasteiger partial charge < -0.3 is 14.6 Å². The summed E-state index contributed by atoms with van der Waals surface area (Å²) in [5, 5.41) is 20.2. The molecule has 3 heterocycles. The monoisotopic (exact) mass is 349 g/mol. The summed E-state index contributed by atoms with van der Waals surface area (Å²) in [6.45, 7) is 4.54. The number of aliphatic hydroxyl groups is 1. The number of hydrogen-bond donors (Lipinski definition) is 1. The van der Waals surface area contributed by atoms with Gasteiger partial charge in [-0.05, 0) is 25.8 Å². The normalized spacial score (nSPS) is 17.6. The van der Waals surface area contributed by atoms with Crippen molar-refractivity contribution in [2.45, 2.75) is 38.3 Å². The molecule has 6 heteroatoms. The van der Waals surface area contributed by atoms with Gasteiger partial charge in [-0.2, -0.15) is 5.26 Å². The minimum Gasteiger partial charge on any atom is -0.385 e. The molecule has 1 unspecified atom stereocenters. The van der Waals surface area contributed by atoms with Crippen LogP contribution in [0.1, 0.15) is 44.2 Å². The summed E-state index contributed by atoms with van der Waals surface area (Å²) in [5.41, 5.74) is 2.86. The number of nitrogens with zero attached hydrogens (tertiary/aromatic N) is 5. The van der Waals surface area contributed by atoms with Crippen LogP contribution in [0, 0.1) is 11.3 Å². The minimum absolute atomic E-state index is 0.300. The van der Waals surface area contributed by atoms with Gasteiger partial charge in [0.05, 0.1) is 23.3 Å². The van der Waals surface area contributed by atoms with Crippen molar-refractivity contribution in [1.82, 2.24) is 19.4 Å². The van der Waals surface area contributed by atoms with E-state index in [1.54, 1.807) is 6.92 Å². The summed E-state index contributed by atoms with van der Waals surface area (Å²) in [5.74, 6) is 0.716. The van der Waals surface area contributed by atoms with Crippen LogP contribution in [0.2, 0.25) is 0 Å². The number of hydrogen-bond acceptors (Lipinski definition) is 5. The molecular weight excluding hydrogens is 326 g/mol. The summed E-state index contributed by atoms with van der Waals surface area (Å²) in [7, 11) is 0. The summed E-state index contributed by atoms with van der Waals surface area (Å²) in [4.78, 5) is 11.6. The number of rotatable bonds is 4. The number of benzene rings is 1. The number of fused-ring (bicyclic) bond motifs is 3. The highest BCUT2D eigenvalue weighted by atomic mass is 16.3. The maximum Gasteiger partial charge on any atom is 0.138 e. The van der Waals surface area contributed by atoms with E-state index in [1.807, 2.05) is 24.4 Å². The predicted octanol–water partition coefficient (Wildman–Crippen LogP) is 3.19. The molecule has 2 aromatic heterocycles. The molecular formula is C20H23N5O. The van der Waals surface area contributed by atoms with Crippen molar-refractivity contribution in [2.75, 3.05) is 19.6 Å². The first kappa shape index (κ1) is 17.0. The van der Waals surface area contributed by atoms with E-state index in [0.717, 1.165) is 54.4 Å². The molecule has 0 saturated carbocycles. The van der Waals surface area contributed by atoms with Gasteiger partial charge in [0.2, 0.25) is 0 Å². The second-order valence-corrected chi connectivity index (χ2v) is 7.01. The van der Waals surface area contributed by atoms with Crippen molar-refractivity contribution in [1.29, 1.82) is 5.26 Å². The molecule has 0 spiro atoms. The maximum atomic E-state index is 10.3. The topological polar surface area (TPSA) is 78.0 Å². The zero-order valence-electron chi connectivity index (χ0n) is 15.0. The van der Waals surface area contributed by atoms with Crippen molar-refractivity contribution >= 4 is 21.9 Å². The van der Waals surface area contributed by atoms with Crippen LogP contribution in [-0.4, -0.2) is 44.2 Å².